The fraction of sp³-hybridized carbons (Fsp3) is 0.500. The summed E-state index contributed by atoms with van der Waals surface area (Å²) in [6.07, 6.45) is 7.43. The molecule has 1 atom stereocenters. The van der Waals surface area contributed by atoms with Gasteiger partial charge in [-0.25, -0.2) is 0 Å². The minimum Gasteiger partial charge on any atom is -0.318 e. The molecular weight excluding hydrogens is 124 g/mol. The number of rotatable bonds is 2. The van der Waals surface area contributed by atoms with Crippen molar-refractivity contribution in [2.45, 2.75) is 19.4 Å². The summed E-state index contributed by atoms with van der Waals surface area (Å²) in [5, 5.41) is 3.19. The van der Waals surface area contributed by atoms with Gasteiger partial charge in [-0.3, -0.25) is 5.32 Å². The van der Waals surface area contributed by atoms with E-state index in [9.17, 15) is 0 Å². The van der Waals surface area contributed by atoms with Crippen LogP contribution in [0.15, 0.2) is 23.8 Å². The summed E-state index contributed by atoms with van der Waals surface area (Å²) < 4.78 is 0. The van der Waals surface area contributed by atoms with Gasteiger partial charge in [0.15, 0.2) is 0 Å². The lowest BCUT2D eigenvalue weighted by molar-refractivity contribution is 0.582. The topological polar surface area (TPSA) is 38.0 Å². The van der Waals surface area contributed by atoms with Crippen LogP contribution in [0.5, 0.6) is 0 Å². The van der Waals surface area contributed by atoms with Crippen molar-refractivity contribution in [1.82, 2.24) is 5.32 Å². The molecule has 0 saturated heterocycles. The number of hydrogen-bond acceptors (Lipinski definition) is 2. The molecule has 0 amide bonds. The van der Waals surface area contributed by atoms with Crippen LogP contribution >= 0.6 is 0 Å². The Balaban J connectivity index is 2.47. The van der Waals surface area contributed by atoms with Gasteiger partial charge in [0, 0.05) is 12.7 Å². The molecule has 10 heavy (non-hydrogen) atoms. The highest BCUT2D eigenvalue weighted by Gasteiger charge is 2.08. The van der Waals surface area contributed by atoms with Crippen molar-refractivity contribution in [2.24, 2.45) is 5.73 Å². The van der Waals surface area contributed by atoms with E-state index in [0.29, 0.717) is 12.7 Å². The second-order valence-electron chi connectivity index (χ2n) is 2.54. The molecule has 0 heterocycles. The van der Waals surface area contributed by atoms with E-state index in [2.05, 4.69) is 30.5 Å². The Morgan fingerprint density at radius 3 is 3.20 bits per heavy atom. The van der Waals surface area contributed by atoms with Crippen LogP contribution in [-0.4, -0.2) is 12.7 Å². The average molecular weight is 138 g/mol. The van der Waals surface area contributed by atoms with E-state index in [1.165, 1.54) is 5.57 Å². The predicted molar refractivity (Wildman–Crippen MR) is 43.5 cm³/mol. The second kappa shape index (κ2) is 3.54. The average Bonchev–Trinajstić information content (AvgIpc) is 1.94. The van der Waals surface area contributed by atoms with Crippen molar-refractivity contribution < 1.29 is 0 Å². The molecule has 0 aromatic rings. The first kappa shape index (κ1) is 7.51. The quantitative estimate of drug-likeness (QED) is 0.553. The van der Waals surface area contributed by atoms with Gasteiger partial charge in [-0.05, 0) is 13.3 Å². The fourth-order valence-electron chi connectivity index (χ4n) is 1.12. The first-order valence-corrected chi connectivity index (χ1v) is 3.61. The summed E-state index contributed by atoms with van der Waals surface area (Å²) in [5.74, 6) is 0. The molecule has 0 saturated carbocycles. The van der Waals surface area contributed by atoms with Crippen molar-refractivity contribution in [3.63, 3.8) is 0 Å². The Labute approximate surface area is 61.8 Å². The molecule has 0 aromatic heterocycles. The SMILES string of the molecule is CC1=CC=CCC1NCN. The molecule has 0 radical (unpaired) electrons. The van der Waals surface area contributed by atoms with Crippen LogP contribution in [0.3, 0.4) is 0 Å². The minimum atomic E-state index is 0.468. The monoisotopic (exact) mass is 138 g/mol. The Morgan fingerprint density at radius 2 is 2.60 bits per heavy atom. The third-order valence-corrected chi connectivity index (χ3v) is 1.78. The Morgan fingerprint density at radius 1 is 1.80 bits per heavy atom. The van der Waals surface area contributed by atoms with Crippen molar-refractivity contribution in [3.05, 3.63) is 23.8 Å². The van der Waals surface area contributed by atoms with Crippen LogP contribution in [0.4, 0.5) is 0 Å². The second-order valence-corrected chi connectivity index (χ2v) is 2.54. The molecule has 0 aliphatic heterocycles. The molecule has 2 nitrogen and oxygen atoms in total. The Hall–Kier alpha value is -0.600. The third-order valence-electron chi connectivity index (χ3n) is 1.78. The maximum absolute atomic E-state index is 5.36. The summed E-state index contributed by atoms with van der Waals surface area (Å²) in [5.41, 5.74) is 6.73. The van der Waals surface area contributed by atoms with Crippen molar-refractivity contribution in [3.8, 4) is 0 Å². The molecule has 0 bridgehead atoms. The van der Waals surface area contributed by atoms with Gasteiger partial charge in [-0.2, -0.15) is 0 Å². The summed E-state index contributed by atoms with van der Waals surface area (Å²) in [4.78, 5) is 0. The lowest BCUT2D eigenvalue weighted by atomic mass is 10.0. The van der Waals surface area contributed by atoms with Crippen LogP contribution in [0.1, 0.15) is 13.3 Å². The van der Waals surface area contributed by atoms with E-state index in [0.717, 1.165) is 6.42 Å². The van der Waals surface area contributed by atoms with Gasteiger partial charge in [0.1, 0.15) is 0 Å². The number of hydrogen-bond donors (Lipinski definition) is 2. The highest BCUT2D eigenvalue weighted by molar-refractivity contribution is 5.21. The number of nitrogens with two attached hydrogens (primary N) is 1. The molecule has 0 spiro atoms. The van der Waals surface area contributed by atoms with E-state index < -0.39 is 0 Å². The van der Waals surface area contributed by atoms with E-state index in [4.69, 9.17) is 5.73 Å². The summed E-state index contributed by atoms with van der Waals surface area (Å²) in [7, 11) is 0. The van der Waals surface area contributed by atoms with Gasteiger partial charge >= 0.3 is 0 Å². The molecule has 2 heteroatoms. The summed E-state index contributed by atoms with van der Waals surface area (Å²) in [6, 6.07) is 0.468. The van der Waals surface area contributed by atoms with Gasteiger partial charge < -0.3 is 5.73 Å². The first-order valence-electron chi connectivity index (χ1n) is 3.61. The molecule has 1 unspecified atom stereocenters. The van der Waals surface area contributed by atoms with Crippen LogP contribution in [0.25, 0.3) is 0 Å². The van der Waals surface area contributed by atoms with Crippen molar-refractivity contribution >= 4 is 0 Å². The van der Waals surface area contributed by atoms with Crippen LogP contribution in [0, 0.1) is 0 Å². The molecule has 0 fully saturated rings. The zero-order valence-corrected chi connectivity index (χ0v) is 6.30. The van der Waals surface area contributed by atoms with Gasteiger partial charge in [0.05, 0.1) is 0 Å². The molecule has 56 valence electrons. The first-order chi connectivity index (χ1) is 4.84. The Bertz CT molecular complexity index is 159. The summed E-state index contributed by atoms with van der Waals surface area (Å²) >= 11 is 0. The predicted octanol–water partition coefficient (Wildman–Crippen LogP) is 0.767. The molecular formula is C8H14N2. The minimum absolute atomic E-state index is 0.468. The van der Waals surface area contributed by atoms with E-state index in [1.54, 1.807) is 0 Å². The zero-order valence-electron chi connectivity index (χ0n) is 6.30. The summed E-state index contributed by atoms with van der Waals surface area (Å²) in [6.45, 7) is 2.68. The van der Waals surface area contributed by atoms with Crippen molar-refractivity contribution in [1.29, 1.82) is 0 Å². The van der Waals surface area contributed by atoms with E-state index in [1.807, 2.05) is 0 Å². The highest BCUT2D eigenvalue weighted by Crippen LogP contribution is 2.10. The van der Waals surface area contributed by atoms with Gasteiger partial charge in [0.25, 0.3) is 0 Å². The molecule has 3 N–H and O–H groups in total. The standard InChI is InChI=1S/C8H14N2/c1-7-4-2-3-5-8(7)10-6-9/h2-4,8,10H,5-6,9H2,1H3. The van der Waals surface area contributed by atoms with Gasteiger partial charge in [0.2, 0.25) is 0 Å². The maximum atomic E-state index is 5.36. The van der Waals surface area contributed by atoms with Gasteiger partial charge in [-0.1, -0.05) is 23.8 Å². The smallest absolute Gasteiger partial charge is 0.0433 e. The van der Waals surface area contributed by atoms with E-state index >= 15 is 0 Å². The molecule has 1 rings (SSSR count). The van der Waals surface area contributed by atoms with Crippen LogP contribution < -0.4 is 11.1 Å². The highest BCUT2D eigenvalue weighted by atomic mass is 15.0. The normalized spacial score (nSPS) is 24.6. The van der Waals surface area contributed by atoms with Crippen molar-refractivity contribution in [2.75, 3.05) is 6.67 Å². The fourth-order valence-corrected chi connectivity index (χ4v) is 1.12. The molecule has 1 aliphatic rings. The van der Waals surface area contributed by atoms with E-state index in [-0.39, 0.29) is 0 Å². The van der Waals surface area contributed by atoms with Crippen LogP contribution in [-0.2, 0) is 0 Å². The number of nitrogens with one attached hydrogen (secondary N) is 1. The largest absolute Gasteiger partial charge is 0.318 e. The maximum Gasteiger partial charge on any atom is 0.0433 e. The zero-order chi connectivity index (χ0) is 7.40. The van der Waals surface area contributed by atoms with Gasteiger partial charge in [-0.15, -0.1) is 0 Å². The lowest BCUT2D eigenvalue weighted by Crippen LogP contribution is -2.34. The number of allylic oxidation sites excluding steroid dienone is 2. The molecule has 1 aliphatic carbocycles. The third kappa shape index (κ3) is 1.69. The van der Waals surface area contributed by atoms with Crippen LogP contribution in [0.2, 0.25) is 0 Å². The lowest BCUT2D eigenvalue weighted by Gasteiger charge is -2.18. The molecule has 0 aromatic carbocycles. The Kier molecular flexibility index (Phi) is 2.66.